The zero-order chi connectivity index (χ0) is 40.0. The van der Waals surface area contributed by atoms with Crippen LogP contribution in [-0.2, 0) is 24.4 Å². The van der Waals surface area contributed by atoms with Crippen molar-refractivity contribution in [2.24, 2.45) is 11.3 Å². The predicted molar refractivity (Wildman–Crippen MR) is 207 cm³/mol. The van der Waals surface area contributed by atoms with E-state index in [1.807, 2.05) is 42.5 Å². The number of ether oxygens (including phenoxy) is 2. The number of amides is 4. The number of benzene rings is 2. The van der Waals surface area contributed by atoms with Crippen LogP contribution < -0.4 is 24.8 Å². The highest BCUT2D eigenvalue weighted by molar-refractivity contribution is 7.91. The summed E-state index contributed by atoms with van der Waals surface area (Å²) in [4.78, 5) is 62.2. The van der Waals surface area contributed by atoms with Crippen molar-refractivity contribution < 1.29 is 41.5 Å². The lowest BCUT2D eigenvalue weighted by molar-refractivity contribution is -0.142. The Balaban J connectivity index is 1.22. The maximum absolute atomic E-state index is 14.7. The molecule has 7 rings (SSSR count). The van der Waals surface area contributed by atoms with Crippen LogP contribution in [0, 0.1) is 11.3 Å². The Morgan fingerprint density at radius 1 is 1.05 bits per heavy atom. The van der Waals surface area contributed by atoms with Gasteiger partial charge in [0.25, 0.3) is 11.8 Å². The number of methoxy groups -OCH3 is 1. The number of hydrogen-bond acceptors (Lipinski definition) is 10. The number of carbonyl (C=O) groups is 4. The van der Waals surface area contributed by atoms with E-state index in [0.717, 1.165) is 5.56 Å². The summed E-state index contributed by atoms with van der Waals surface area (Å²) in [6.45, 7) is 9.10. The smallest absolute Gasteiger partial charge is 0.287 e. The molecular weight excluding hydrogens is 739 g/mol. The van der Waals surface area contributed by atoms with Crippen LogP contribution in [0.25, 0.3) is 22.2 Å². The van der Waals surface area contributed by atoms with Gasteiger partial charge in [-0.05, 0) is 48.9 Å². The first-order valence-electron chi connectivity index (χ1n) is 18.5. The van der Waals surface area contributed by atoms with Crippen molar-refractivity contribution in [1.82, 2.24) is 25.2 Å². The lowest BCUT2D eigenvalue weighted by Crippen LogP contribution is -2.60. The fourth-order valence-corrected chi connectivity index (χ4v) is 8.52. The van der Waals surface area contributed by atoms with Crippen molar-refractivity contribution in [2.75, 3.05) is 13.7 Å². The Bertz CT molecular complexity index is 2290. The normalized spacial score (nSPS) is 22.5. The number of sulfonamides is 1. The number of rotatable bonds is 13. The SMILES string of the molecule is C=CC1CC1(NC(=O)C1CC(Oc2cc(-c3ccccc3)nc3cc(OC)ccc23)CN1C(=O)C(NC(=O)c1ccco1)C(C)(C)C)C(=O)NS(=O)(=O)C1CC1. The Hall–Kier alpha value is -5.70. The fourth-order valence-electron chi connectivity index (χ4n) is 7.16. The Morgan fingerprint density at radius 2 is 1.80 bits per heavy atom. The van der Waals surface area contributed by atoms with Crippen LogP contribution in [-0.4, -0.2) is 84.6 Å². The van der Waals surface area contributed by atoms with E-state index in [4.69, 9.17) is 18.9 Å². The van der Waals surface area contributed by atoms with Crippen molar-refractivity contribution >= 4 is 44.6 Å². The van der Waals surface area contributed by atoms with Crippen molar-refractivity contribution in [3.8, 4) is 22.8 Å². The van der Waals surface area contributed by atoms with Gasteiger partial charge in [-0.1, -0.05) is 57.2 Å². The molecule has 2 aromatic heterocycles. The molecule has 5 unspecified atom stereocenters. The first kappa shape index (κ1) is 38.6. The minimum Gasteiger partial charge on any atom is -0.497 e. The van der Waals surface area contributed by atoms with E-state index in [0.29, 0.717) is 40.9 Å². The first-order chi connectivity index (χ1) is 26.6. The molecule has 15 heteroatoms. The molecule has 3 heterocycles. The van der Waals surface area contributed by atoms with Crippen LogP contribution in [0.4, 0.5) is 0 Å². The van der Waals surface area contributed by atoms with Gasteiger partial charge in [0.2, 0.25) is 21.8 Å². The van der Waals surface area contributed by atoms with Crippen LogP contribution in [0.5, 0.6) is 11.5 Å². The second-order valence-electron chi connectivity index (χ2n) is 15.7. The molecule has 1 saturated heterocycles. The van der Waals surface area contributed by atoms with Crippen molar-refractivity contribution in [3.05, 3.63) is 91.4 Å². The van der Waals surface area contributed by atoms with Gasteiger partial charge >= 0.3 is 0 Å². The number of aromatic nitrogens is 1. The van der Waals surface area contributed by atoms with E-state index >= 15 is 0 Å². The Labute approximate surface area is 325 Å². The third-order valence-corrected chi connectivity index (χ3v) is 12.4. The van der Waals surface area contributed by atoms with Gasteiger partial charge in [-0.15, -0.1) is 6.58 Å². The lowest BCUT2D eigenvalue weighted by atomic mass is 9.85. The average Bonchev–Trinajstić information content (AvgIpc) is 4.04. The summed E-state index contributed by atoms with van der Waals surface area (Å²) in [7, 11) is -2.35. The molecular formula is C41H45N5O9S. The van der Waals surface area contributed by atoms with E-state index in [2.05, 4.69) is 21.9 Å². The van der Waals surface area contributed by atoms with Gasteiger partial charge in [-0.3, -0.25) is 23.9 Å². The highest BCUT2D eigenvalue weighted by Crippen LogP contribution is 2.46. The summed E-state index contributed by atoms with van der Waals surface area (Å²) in [5, 5.41) is 5.63. The largest absolute Gasteiger partial charge is 0.497 e. The van der Waals surface area contributed by atoms with E-state index in [-0.39, 0.29) is 25.1 Å². The van der Waals surface area contributed by atoms with E-state index in [1.54, 1.807) is 46.1 Å². The number of carbonyl (C=O) groups excluding carboxylic acids is 4. The zero-order valence-corrected chi connectivity index (χ0v) is 32.4. The number of fused-ring (bicyclic) bond motifs is 1. The summed E-state index contributed by atoms with van der Waals surface area (Å²) < 4.78 is 45.1. The quantitative estimate of drug-likeness (QED) is 0.165. The Kier molecular flexibility index (Phi) is 10.2. The van der Waals surface area contributed by atoms with Gasteiger partial charge in [0, 0.05) is 35.4 Å². The lowest BCUT2D eigenvalue weighted by Gasteiger charge is -2.35. The third kappa shape index (κ3) is 7.72. The summed E-state index contributed by atoms with van der Waals surface area (Å²) >= 11 is 0. The second kappa shape index (κ2) is 14.8. The molecule has 5 atom stereocenters. The van der Waals surface area contributed by atoms with Crippen molar-refractivity contribution in [3.63, 3.8) is 0 Å². The zero-order valence-electron chi connectivity index (χ0n) is 31.6. The number of pyridine rings is 1. The molecule has 2 aromatic carbocycles. The molecule has 3 fully saturated rings. The molecule has 1 aliphatic heterocycles. The second-order valence-corrected chi connectivity index (χ2v) is 17.6. The van der Waals surface area contributed by atoms with E-state index < -0.39 is 74.0 Å². The molecule has 4 amide bonds. The van der Waals surface area contributed by atoms with Crippen molar-refractivity contribution in [1.29, 1.82) is 0 Å². The van der Waals surface area contributed by atoms with Gasteiger partial charge in [0.05, 0.1) is 36.4 Å². The molecule has 56 heavy (non-hydrogen) atoms. The van der Waals surface area contributed by atoms with Gasteiger partial charge in [0.1, 0.15) is 35.2 Å². The van der Waals surface area contributed by atoms with Gasteiger partial charge in [-0.2, -0.15) is 0 Å². The molecule has 0 bridgehead atoms. The molecule has 294 valence electrons. The molecule has 4 aromatic rings. The topological polar surface area (TPSA) is 186 Å². The molecule has 0 radical (unpaired) electrons. The van der Waals surface area contributed by atoms with E-state index in [9.17, 15) is 27.6 Å². The maximum Gasteiger partial charge on any atom is 0.287 e. The van der Waals surface area contributed by atoms with Crippen LogP contribution in [0.3, 0.4) is 0 Å². The maximum atomic E-state index is 14.7. The highest BCUT2D eigenvalue weighted by Gasteiger charge is 2.62. The van der Waals surface area contributed by atoms with Crippen LogP contribution >= 0.6 is 0 Å². The summed E-state index contributed by atoms with van der Waals surface area (Å²) in [6.07, 6.45) is 3.16. The summed E-state index contributed by atoms with van der Waals surface area (Å²) in [5.74, 6) is -2.15. The fraction of sp³-hybridized carbons (Fsp3) is 0.390. The average molecular weight is 784 g/mol. The predicted octanol–water partition coefficient (Wildman–Crippen LogP) is 4.37. The summed E-state index contributed by atoms with van der Waals surface area (Å²) in [6, 6.07) is 17.5. The van der Waals surface area contributed by atoms with Gasteiger partial charge < -0.3 is 29.4 Å². The monoisotopic (exact) mass is 783 g/mol. The molecule has 0 spiro atoms. The van der Waals surface area contributed by atoms with E-state index in [1.165, 1.54) is 23.3 Å². The van der Waals surface area contributed by atoms with Gasteiger partial charge in [0.15, 0.2) is 5.76 Å². The molecule has 2 aliphatic carbocycles. The molecule has 14 nitrogen and oxygen atoms in total. The van der Waals surface area contributed by atoms with Crippen LogP contribution in [0.1, 0.15) is 57.0 Å². The van der Waals surface area contributed by atoms with Gasteiger partial charge in [-0.25, -0.2) is 13.4 Å². The molecule has 3 N–H and O–H groups in total. The number of hydrogen-bond donors (Lipinski definition) is 3. The standard InChI is InChI=1S/C41H45N5O9S/c1-6-25-22-41(25,39(50)45-56(51,52)28-15-16-28)44-36(47)32-20-27(23-46(32)38(49)35(40(2,3)4)43-37(48)33-13-10-18-54-33)55-34-21-30(24-11-8-7-9-12-24)42-31-19-26(53-5)14-17-29(31)34/h6-14,17-19,21,25,27-28,32,35H,1,15-16,20,22-23H2,2-5H3,(H,43,48)(H,44,47)(H,45,50). The minimum atomic E-state index is -3.92. The third-order valence-electron chi connectivity index (χ3n) is 10.6. The Morgan fingerprint density at radius 3 is 2.43 bits per heavy atom. The number of nitrogens with one attached hydrogen (secondary N) is 3. The highest BCUT2D eigenvalue weighted by atomic mass is 32.2. The molecule has 2 saturated carbocycles. The number of nitrogens with zero attached hydrogens (tertiary/aromatic N) is 2. The number of likely N-dealkylation sites (tertiary alicyclic amines) is 1. The number of furan rings is 1. The first-order valence-corrected chi connectivity index (χ1v) is 20.0. The van der Waals surface area contributed by atoms with Crippen LogP contribution in [0.2, 0.25) is 0 Å². The summed E-state index contributed by atoms with van der Waals surface area (Å²) in [5.41, 5.74) is -0.319. The van der Waals surface area contributed by atoms with Crippen molar-refractivity contribution in [2.45, 2.75) is 75.4 Å². The minimum absolute atomic E-state index is 0.0118. The molecule has 3 aliphatic rings. The van der Waals surface area contributed by atoms with Crippen LogP contribution in [0.15, 0.2) is 90.1 Å².